The van der Waals surface area contributed by atoms with E-state index in [1.165, 1.54) is 12.8 Å². The molecule has 3 aliphatic heterocycles. The maximum Gasteiger partial charge on any atom is 0.254 e. The number of amides is 1. The number of pyridine rings is 1. The number of carbonyl (C=O) groups is 1. The highest BCUT2D eigenvalue weighted by Gasteiger charge is 2.32. The standard InChI is InChI=1S/C33H32ClN3O3S/c34-25-9-5-22(6-10-25)20-41-32-18-28(33(38)37-15-3-4-26(37)19-36-13-1-2-14-36)27-16-23(7-11-29(27)35-32)24-8-12-30-31(17-24)40-21-39-30/h5-12,16-18,26H,1-4,13-15,19-21H2/t26-/m0/s1. The molecule has 0 saturated carbocycles. The van der Waals surface area contributed by atoms with Crippen molar-refractivity contribution in [3.63, 3.8) is 0 Å². The van der Waals surface area contributed by atoms with Gasteiger partial charge in [0, 0.05) is 35.3 Å². The smallest absolute Gasteiger partial charge is 0.254 e. The van der Waals surface area contributed by atoms with E-state index < -0.39 is 0 Å². The van der Waals surface area contributed by atoms with Crippen molar-refractivity contribution in [3.8, 4) is 22.6 Å². The Labute approximate surface area is 249 Å². The zero-order valence-corrected chi connectivity index (χ0v) is 24.4. The summed E-state index contributed by atoms with van der Waals surface area (Å²) in [5.41, 5.74) is 4.75. The van der Waals surface area contributed by atoms with Gasteiger partial charge in [-0.1, -0.05) is 35.9 Å². The van der Waals surface area contributed by atoms with Crippen LogP contribution in [0, 0.1) is 0 Å². The van der Waals surface area contributed by atoms with E-state index >= 15 is 0 Å². The Balaban J connectivity index is 1.24. The average molecular weight is 586 g/mol. The van der Waals surface area contributed by atoms with Crippen molar-refractivity contribution in [2.24, 2.45) is 0 Å². The first-order valence-corrected chi connectivity index (χ1v) is 15.7. The van der Waals surface area contributed by atoms with Crippen molar-refractivity contribution in [2.75, 3.05) is 33.0 Å². The molecule has 2 fully saturated rings. The highest BCUT2D eigenvalue weighted by atomic mass is 35.5. The van der Waals surface area contributed by atoms with Crippen molar-refractivity contribution in [3.05, 3.63) is 82.9 Å². The van der Waals surface area contributed by atoms with Crippen LogP contribution in [-0.4, -0.2) is 59.7 Å². The van der Waals surface area contributed by atoms with Gasteiger partial charge in [-0.05, 0) is 97.9 Å². The normalized spacial score (nSPS) is 18.5. The van der Waals surface area contributed by atoms with Crippen LogP contribution in [-0.2, 0) is 5.75 Å². The molecule has 2 saturated heterocycles. The molecule has 1 amide bonds. The van der Waals surface area contributed by atoms with Crippen molar-refractivity contribution in [2.45, 2.75) is 42.5 Å². The summed E-state index contributed by atoms with van der Waals surface area (Å²) in [5, 5.41) is 2.46. The molecule has 0 bridgehead atoms. The van der Waals surface area contributed by atoms with Gasteiger partial charge < -0.3 is 19.3 Å². The molecule has 0 unspecified atom stereocenters. The number of hydrogen-bond acceptors (Lipinski definition) is 6. The number of likely N-dealkylation sites (tertiary alicyclic amines) is 2. The fraction of sp³-hybridized carbons (Fsp3) is 0.333. The third kappa shape index (κ3) is 5.63. The number of halogens is 1. The summed E-state index contributed by atoms with van der Waals surface area (Å²) in [4.78, 5) is 24.0. The van der Waals surface area contributed by atoms with Crippen molar-refractivity contribution < 1.29 is 14.3 Å². The van der Waals surface area contributed by atoms with Crippen LogP contribution in [0.1, 0.15) is 41.6 Å². The van der Waals surface area contributed by atoms with Crippen LogP contribution in [0.25, 0.3) is 22.0 Å². The summed E-state index contributed by atoms with van der Waals surface area (Å²) >= 11 is 7.73. The number of nitrogens with zero attached hydrogens (tertiary/aromatic N) is 3. The Morgan fingerprint density at radius 2 is 1.68 bits per heavy atom. The average Bonchev–Trinajstić information content (AvgIpc) is 3.78. The zero-order chi connectivity index (χ0) is 27.8. The molecule has 0 N–H and O–H groups in total. The molecule has 0 radical (unpaired) electrons. The van der Waals surface area contributed by atoms with Crippen molar-refractivity contribution >= 4 is 40.2 Å². The summed E-state index contributed by atoms with van der Waals surface area (Å²) in [5.74, 6) is 2.36. The van der Waals surface area contributed by atoms with E-state index in [1.807, 2.05) is 54.6 Å². The van der Waals surface area contributed by atoms with Crippen LogP contribution in [0.2, 0.25) is 5.02 Å². The molecule has 0 spiro atoms. The van der Waals surface area contributed by atoms with Gasteiger partial charge >= 0.3 is 0 Å². The van der Waals surface area contributed by atoms with Gasteiger partial charge in [-0.3, -0.25) is 4.79 Å². The quantitative estimate of drug-likeness (QED) is 0.213. The monoisotopic (exact) mass is 585 g/mol. The molecule has 0 aliphatic carbocycles. The molecule has 8 heteroatoms. The Morgan fingerprint density at radius 3 is 2.54 bits per heavy atom. The highest BCUT2D eigenvalue weighted by molar-refractivity contribution is 7.98. The van der Waals surface area contributed by atoms with E-state index in [0.717, 1.165) is 99.5 Å². The van der Waals surface area contributed by atoms with E-state index in [1.54, 1.807) is 11.8 Å². The molecular weight excluding hydrogens is 554 g/mol. The number of benzene rings is 3. The van der Waals surface area contributed by atoms with Crippen LogP contribution in [0.3, 0.4) is 0 Å². The van der Waals surface area contributed by atoms with Crippen molar-refractivity contribution in [1.29, 1.82) is 0 Å². The summed E-state index contributed by atoms with van der Waals surface area (Å²) in [6.07, 6.45) is 4.62. The number of ether oxygens (including phenoxy) is 2. The van der Waals surface area contributed by atoms with Gasteiger partial charge in [0.2, 0.25) is 6.79 Å². The molecule has 6 nitrogen and oxygen atoms in total. The lowest BCUT2D eigenvalue weighted by molar-refractivity contribution is 0.0710. The lowest BCUT2D eigenvalue weighted by Gasteiger charge is -2.29. The molecular formula is C33H32ClN3O3S. The summed E-state index contributed by atoms with van der Waals surface area (Å²) in [7, 11) is 0. The summed E-state index contributed by atoms with van der Waals surface area (Å²) in [6, 6.07) is 22.3. The predicted octanol–water partition coefficient (Wildman–Crippen LogP) is 7.28. The minimum absolute atomic E-state index is 0.107. The number of carbonyl (C=O) groups excluding carboxylic acids is 1. The number of thioether (sulfide) groups is 1. The van der Waals surface area contributed by atoms with E-state index in [4.69, 9.17) is 26.1 Å². The topological polar surface area (TPSA) is 54.9 Å². The van der Waals surface area contributed by atoms with Crippen LogP contribution >= 0.6 is 23.4 Å². The molecule has 3 aromatic carbocycles. The Bertz CT molecular complexity index is 1590. The fourth-order valence-corrected chi connectivity index (χ4v) is 7.15. The van der Waals surface area contributed by atoms with Crippen molar-refractivity contribution in [1.82, 2.24) is 14.8 Å². The molecule has 4 heterocycles. The Kier molecular flexibility index (Phi) is 7.50. The van der Waals surface area contributed by atoms with Gasteiger partial charge in [0.1, 0.15) is 0 Å². The van der Waals surface area contributed by atoms with Gasteiger partial charge in [-0.15, -0.1) is 11.8 Å². The molecule has 1 atom stereocenters. The maximum atomic E-state index is 14.3. The minimum Gasteiger partial charge on any atom is -0.454 e. The van der Waals surface area contributed by atoms with Crippen LogP contribution in [0.5, 0.6) is 11.5 Å². The number of aromatic nitrogens is 1. The lowest BCUT2D eigenvalue weighted by atomic mass is 10.00. The van der Waals surface area contributed by atoms with Crippen LogP contribution in [0.4, 0.5) is 0 Å². The minimum atomic E-state index is 0.107. The summed E-state index contributed by atoms with van der Waals surface area (Å²) < 4.78 is 11.1. The predicted molar refractivity (Wildman–Crippen MR) is 164 cm³/mol. The Morgan fingerprint density at radius 1 is 0.902 bits per heavy atom. The number of fused-ring (bicyclic) bond motifs is 2. The Hall–Kier alpha value is -3.26. The second kappa shape index (κ2) is 11.6. The van der Waals surface area contributed by atoms with E-state index in [0.29, 0.717) is 0 Å². The fourth-order valence-electron chi connectivity index (χ4n) is 6.16. The molecule has 210 valence electrons. The first-order valence-electron chi connectivity index (χ1n) is 14.4. The van der Waals surface area contributed by atoms with Gasteiger partial charge in [-0.2, -0.15) is 0 Å². The zero-order valence-electron chi connectivity index (χ0n) is 22.9. The molecule has 1 aromatic heterocycles. The summed E-state index contributed by atoms with van der Waals surface area (Å²) in [6.45, 7) is 4.29. The third-order valence-electron chi connectivity index (χ3n) is 8.33. The highest BCUT2D eigenvalue weighted by Crippen LogP contribution is 2.38. The second-order valence-electron chi connectivity index (χ2n) is 11.0. The van der Waals surface area contributed by atoms with Gasteiger partial charge in [0.15, 0.2) is 11.5 Å². The van der Waals surface area contributed by atoms with Crippen LogP contribution < -0.4 is 9.47 Å². The lowest BCUT2D eigenvalue weighted by Crippen LogP contribution is -2.42. The largest absolute Gasteiger partial charge is 0.454 e. The molecule has 3 aliphatic rings. The first kappa shape index (κ1) is 26.6. The number of hydrogen-bond donors (Lipinski definition) is 0. The van der Waals surface area contributed by atoms with E-state index in [2.05, 4.69) is 21.9 Å². The third-order valence-corrected chi connectivity index (χ3v) is 9.56. The van der Waals surface area contributed by atoms with Gasteiger partial charge in [-0.25, -0.2) is 4.98 Å². The number of rotatable bonds is 7. The SMILES string of the molecule is O=C(c1cc(SCc2ccc(Cl)cc2)nc2ccc(-c3ccc4c(c3)OCO4)cc12)N1CCC[C@H]1CN1CCCC1. The van der Waals surface area contributed by atoms with E-state index in [9.17, 15) is 4.79 Å². The van der Waals surface area contributed by atoms with Crippen LogP contribution in [0.15, 0.2) is 71.8 Å². The molecule has 7 rings (SSSR count). The van der Waals surface area contributed by atoms with E-state index in [-0.39, 0.29) is 18.7 Å². The molecule has 4 aromatic rings. The maximum absolute atomic E-state index is 14.3. The molecule has 41 heavy (non-hydrogen) atoms. The van der Waals surface area contributed by atoms with Gasteiger partial charge in [0.25, 0.3) is 5.91 Å². The first-order chi connectivity index (χ1) is 20.1. The van der Waals surface area contributed by atoms with Gasteiger partial charge in [0.05, 0.1) is 16.1 Å². The second-order valence-corrected chi connectivity index (χ2v) is 12.5.